The molecular weight excluding hydrogens is 190 g/mol. The van der Waals surface area contributed by atoms with Gasteiger partial charge in [-0.2, -0.15) is 0 Å². The van der Waals surface area contributed by atoms with E-state index in [2.05, 4.69) is 0 Å². The van der Waals surface area contributed by atoms with E-state index in [4.69, 9.17) is 0 Å². The number of carbonyl (C=O) groups excluding carboxylic acids is 1. The van der Waals surface area contributed by atoms with Crippen molar-refractivity contribution >= 4 is 5.78 Å². The molecule has 3 heteroatoms. The van der Waals surface area contributed by atoms with Crippen LogP contribution in [0.1, 0.15) is 15.9 Å². The van der Waals surface area contributed by atoms with Gasteiger partial charge in [-0.15, -0.1) is 0 Å². The summed E-state index contributed by atoms with van der Waals surface area (Å²) >= 11 is 0. The average Bonchev–Trinajstić information content (AvgIpc) is 2.14. The van der Waals surface area contributed by atoms with Crippen LogP contribution in [-0.4, -0.2) is 29.9 Å². The number of phenolic OH excluding ortho intramolecular Hbond substituents is 1. The highest BCUT2D eigenvalue weighted by atomic mass is 16.3. The van der Waals surface area contributed by atoms with Crippen LogP contribution in [0.4, 0.5) is 0 Å². The van der Waals surface area contributed by atoms with Gasteiger partial charge in [0.1, 0.15) is 5.75 Å². The van der Waals surface area contributed by atoms with Gasteiger partial charge in [0.25, 0.3) is 0 Å². The van der Waals surface area contributed by atoms with Crippen LogP contribution in [0.15, 0.2) is 30.5 Å². The Hall–Kier alpha value is -1.77. The topological polar surface area (TPSA) is 40.5 Å². The summed E-state index contributed by atoms with van der Waals surface area (Å²) in [6, 6.07) is 5.01. The zero-order valence-corrected chi connectivity index (χ0v) is 9.19. The van der Waals surface area contributed by atoms with Crippen LogP contribution >= 0.6 is 0 Å². The van der Waals surface area contributed by atoms with Crippen LogP contribution in [0.3, 0.4) is 0 Å². The van der Waals surface area contributed by atoms with Gasteiger partial charge < -0.3 is 10.0 Å². The molecule has 0 fully saturated rings. The summed E-state index contributed by atoms with van der Waals surface area (Å²) in [7, 11) is 3.66. The Kier molecular flexibility index (Phi) is 3.50. The van der Waals surface area contributed by atoms with Crippen LogP contribution in [0.25, 0.3) is 0 Å². The number of aryl methyl sites for hydroxylation is 1. The number of hydrogen-bond acceptors (Lipinski definition) is 3. The minimum atomic E-state index is -0.193. The van der Waals surface area contributed by atoms with Crippen molar-refractivity contribution in [1.29, 1.82) is 0 Å². The molecule has 0 spiro atoms. The molecule has 1 rings (SSSR count). The summed E-state index contributed by atoms with van der Waals surface area (Å²) in [4.78, 5) is 13.4. The minimum Gasteiger partial charge on any atom is -0.507 e. The SMILES string of the molecule is Cc1ccc(C(=O)C=CN(C)C)c(O)c1. The largest absolute Gasteiger partial charge is 0.507 e. The number of aromatic hydroxyl groups is 1. The van der Waals surface area contributed by atoms with E-state index < -0.39 is 0 Å². The Bertz CT molecular complexity index is 395. The monoisotopic (exact) mass is 205 g/mol. The predicted octanol–water partition coefficient (Wildman–Crippen LogP) is 1.96. The van der Waals surface area contributed by atoms with Gasteiger partial charge in [0, 0.05) is 26.4 Å². The first-order valence-corrected chi connectivity index (χ1v) is 4.69. The van der Waals surface area contributed by atoms with Crippen molar-refractivity contribution in [2.75, 3.05) is 14.1 Å². The highest BCUT2D eigenvalue weighted by molar-refractivity contribution is 6.06. The van der Waals surface area contributed by atoms with Gasteiger partial charge in [-0.05, 0) is 24.6 Å². The summed E-state index contributed by atoms with van der Waals surface area (Å²) in [6.45, 7) is 1.86. The van der Waals surface area contributed by atoms with E-state index >= 15 is 0 Å². The average molecular weight is 205 g/mol. The maximum absolute atomic E-state index is 11.6. The van der Waals surface area contributed by atoms with E-state index in [0.29, 0.717) is 5.56 Å². The van der Waals surface area contributed by atoms with Crippen molar-refractivity contribution in [3.63, 3.8) is 0 Å². The molecule has 3 nitrogen and oxygen atoms in total. The molecular formula is C12H15NO2. The predicted molar refractivity (Wildman–Crippen MR) is 60.0 cm³/mol. The first-order valence-electron chi connectivity index (χ1n) is 4.69. The van der Waals surface area contributed by atoms with Crippen LogP contribution < -0.4 is 0 Å². The second-order valence-corrected chi connectivity index (χ2v) is 3.66. The van der Waals surface area contributed by atoms with Crippen molar-refractivity contribution < 1.29 is 9.90 Å². The molecule has 0 aliphatic rings. The number of rotatable bonds is 3. The lowest BCUT2D eigenvalue weighted by Gasteiger charge is -2.04. The number of carbonyl (C=O) groups is 1. The van der Waals surface area contributed by atoms with Gasteiger partial charge in [0.2, 0.25) is 0 Å². The van der Waals surface area contributed by atoms with Crippen LogP contribution in [-0.2, 0) is 0 Å². The van der Waals surface area contributed by atoms with Crippen molar-refractivity contribution in [3.05, 3.63) is 41.6 Å². The lowest BCUT2D eigenvalue weighted by atomic mass is 10.1. The number of allylic oxidation sites excluding steroid dienone is 1. The Morgan fingerprint density at radius 2 is 2.07 bits per heavy atom. The molecule has 0 saturated carbocycles. The van der Waals surface area contributed by atoms with Crippen LogP contribution in [0.5, 0.6) is 5.75 Å². The molecule has 0 unspecified atom stereocenters. The Morgan fingerprint density at radius 1 is 1.40 bits per heavy atom. The van der Waals surface area contributed by atoms with Crippen molar-refractivity contribution in [2.24, 2.45) is 0 Å². The quantitative estimate of drug-likeness (QED) is 0.605. The van der Waals surface area contributed by atoms with Gasteiger partial charge in [-0.1, -0.05) is 6.07 Å². The molecule has 1 aromatic rings. The van der Waals surface area contributed by atoms with Gasteiger partial charge in [0.05, 0.1) is 5.56 Å². The van der Waals surface area contributed by atoms with E-state index in [1.54, 1.807) is 29.3 Å². The summed E-state index contributed by atoms with van der Waals surface area (Å²) < 4.78 is 0. The molecule has 0 amide bonds. The maximum Gasteiger partial charge on any atom is 0.190 e. The third-order valence-electron chi connectivity index (χ3n) is 1.94. The Morgan fingerprint density at radius 3 is 2.60 bits per heavy atom. The molecule has 0 aliphatic heterocycles. The maximum atomic E-state index is 11.6. The number of ketones is 1. The number of phenols is 1. The molecule has 0 heterocycles. The van der Waals surface area contributed by atoms with Crippen molar-refractivity contribution in [2.45, 2.75) is 6.92 Å². The van der Waals surface area contributed by atoms with Crippen LogP contribution in [0, 0.1) is 6.92 Å². The highest BCUT2D eigenvalue weighted by Crippen LogP contribution is 2.19. The van der Waals surface area contributed by atoms with Gasteiger partial charge in [-0.25, -0.2) is 0 Å². The molecule has 80 valence electrons. The van der Waals surface area contributed by atoms with Gasteiger partial charge >= 0.3 is 0 Å². The molecule has 0 atom stereocenters. The number of hydrogen-bond donors (Lipinski definition) is 1. The molecule has 0 aliphatic carbocycles. The second-order valence-electron chi connectivity index (χ2n) is 3.66. The van der Waals surface area contributed by atoms with E-state index in [9.17, 15) is 9.90 Å². The van der Waals surface area contributed by atoms with E-state index in [0.717, 1.165) is 5.56 Å². The highest BCUT2D eigenvalue weighted by Gasteiger charge is 2.07. The fraction of sp³-hybridized carbons (Fsp3) is 0.250. The zero-order valence-electron chi connectivity index (χ0n) is 9.19. The molecule has 1 N–H and O–H groups in total. The third kappa shape index (κ3) is 3.13. The first kappa shape index (κ1) is 11.3. The summed E-state index contributed by atoms with van der Waals surface area (Å²) in [5, 5.41) is 9.56. The molecule has 1 aromatic carbocycles. The van der Waals surface area contributed by atoms with Crippen molar-refractivity contribution in [1.82, 2.24) is 4.90 Å². The molecule has 15 heavy (non-hydrogen) atoms. The normalized spacial score (nSPS) is 10.6. The van der Waals surface area contributed by atoms with Gasteiger partial charge in [0.15, 0.2) is 5.78 Å². The molecule has 0 bridgehead atoms. The lowest BCUT2D eigenvalue weighted by Crippen LogP contribution is -2.03. The van der Waals surface area contributed by atoms with Crippen LogP contribution in [0.2, 0.25) is 0 Å². The summed E-state index contributed by atoms with van der Waals surface area (Å²) in [5.41, 5.74) is 1.26. The minimum absolute atomic E-state index is 0.0309. The fourth-order valence-electron chi connectivity index (χ4n) is 1.16. The Balaban J connectivity index is 2.92. The zero-order chi connectivity index (χ0) is 11.4. The summed E-state index contributed by atoms with van der Waals surface area (Å²) in [5.74, 6) is -0.162. The molecule has 0 radical (unpaired) electrons. The fourth-order valence-corrected chi connectivity index (χ4v) is 1.16. The second kappa shape index (κ2) is 4.64. The van der Waals surface area contributed by atoms with E-state index in [-0.39, 0.29) is 11.5 Å². The number of nitrogens with zero attached hydrogens (tertiary/aromatic N) is 1. The van der Waals surface area contributed by atoms with E-state index in [1.165, 1.54) is 6.08 Å². The Labute approximate surface area is 89.6 Å². The molecule has 0 saturated heterocycles. The van der Waals surface area contributed by atoms with Crippen molar-refractivity contribution in [3.8, 4) is 5.75 Å². The first-order chi connectivity index (χ1) is 7.00. The molecule has 0 aromatic heterocycles. The smallest absolute Gasteiger partial charge is 0.190 e. The summed E-state index contributed by atoms with van der Waals surface area (Å²) in [6.07, 6.45) is 3.09. The van der Waals surface area contributed by atoms with E-state index in [1.807, 2.05) is 21.0 Å². The standard InChI is InChI=1S/C12H15NO2/c1-9-4-5-10(12(15)8-9)11(14)6-7-13(2)3/h4-8,15H,1-3H3. The lowest BCUT2D eigenvalue weighted by molar-refractivity contribution is 0.104. The number of benzene rings is 1. The van der Waals surface area contributed by atoms with Gasteiger partial charge in [-0.3, -0.25) is 4.79 Å². The third-order valence-corrected chi connectivity index (χ3v) is 1.94.